The van der Waals surface area contributed by atoms with E-state index in [0.717, 1.165) is 11.8 Å². The molecule has 1 aromatic rings. The molecule has 0 spiro atoms. The minimum Gasteiger partial charge on any atom is -0.282 e. The van der Waals surface area contributed by atoms with Crippen molar-refractivity contribution in [1.29, 1.82) is 0 Å². The van der Waals surface area contributed by atoms with E-state index in [0.29, 0.717) is 17.7 Å². The van der Waals surface area contributed by atoms with Gasteiger partial charge in [0, 0.05) is 17.7 Å². The van der Waals surface area contributed by atoms with Gasteiger partial charge in [0.2, 0.25) is 5.12 Å². The van der Waals surface area contributed by atoms with Gasteiger partial charge < -0.3 is 0 Å². The number of thioether (sulfide) groups is 1. The number of carbonyl (C=O) groups excluding carboxylic acids is 1. The Morgan fingerprint density at radius 3 is 2.50 bits per heavy atom. The van der Waals surface area contributed by atoms with Crippen LogP contribution >= 0.6 is 11.8 Å². The maximum absolute atomic E-state index is 13.2. The van der Waals surface area contributed by atoms with E-state index in [1.165, 1.54) is 0 Å². The lowest BCUT2D eigenvalue weighted by Gasteiger charge is -2.14. The second kappa shape index (κ2) is 8.29. The second-order valence-corrected chi connectivity index (χ2v) is 5.50. The van der Waals surface area contributed by atoms with Crippen molar-refractivity contribution in [2.24, 2.45) is 0 Å². The molecule has 1 nitrogen and oxygen atoms in total. The lowest BCUT2D eigenvalue weighted by molar-refractivity contribution is -0.0485. The molecule has 0 aliphatic heterocycles. The second-order valence-electron chi connectivity index (χ2n) is 4.44. The Balaban J connectivity index is 2.20. The highest BCUT2D eigenvalue weighted by Crippen LogP contribution is 2.25. The van der Waals surface area contributed by atoms with Crippen LogP contribution in [0.15, 0.2) is 30.3 Å². The highest BCUT2D eigenvalue weighted by molar-refractivity contribution is 8.14. The Labute approximate surface area is 119 Å². The van der Waals surface area contributed by atoms with Crippen LogP contribution in [0.1, 0.15) is 29.6 Å². The fourth-order valence-electron chi connectivity index (χ4n) is 1.61. The van der Waals surface area contributed by atoms with Gasteiger partial charge in [0.15, 0.2) is 6.67 Å². The van der Waals surface area contributed by atoms with Crippen LogP contribution in [0.25, 0.3) is 0 Å². The molecule has 0 aliphatic carbocycles. The fourth-order valence-corrected chi connectivity index (χ4v) is 2.41. The number of hydrogen-bond donors (Lipinski definition) is 0. The number of alkyl halides is 4. The summed E-state index contributed by atoms with van der Waals surface area (Å²) >= 11 is 1.03. The first-order valence-electron chi connectivity index (χ1n) is 6.24. The lowest BCUT2D eigenvalue weighted by Crippen LogP contribution is -2.24. The summed E-state index contributed by atoms with van der Waals surface area (Å²) in [7, 11) is 0. The Kier molecular flexibility index (Phi) is 7.05. The third kappa shape index (κ3) is 6.41. The zero-order chi connectivity index (χ0) is 15.0. The molecule has 112 valence electrons. The summed E-state index contributed by atoms with van der Waals surface area (Å²) in [5.74, 6) is -3.23. The Morgan fingerprint density at radius 1 is 1.25 bits per heavy atom. The molecular formula is C14H16F4OS. The summed E-state index contributed by atoms with van der Waals surface area (Å²) in [6, 6.07) is 8.62. The van der Waals surface area contributed by atoms with Crippen LogP contribution in [-0.2, 0) is 0 Å². The standard InChI is InChI=1S/C14H16F4OS/c15-10-14(17,18)9-12(16)7-4-8-20-13(19)11-5-2-1-3-6-11/h1-3,5-6,12H,4,7-10H2. The maximum atomic E-state index is 13.2. The van der Waals surface area contributed by atoms with Crippen molar-refractivity contribution in [1.82, 2.24) is 0 Å². The van der Waals surface area contributed by atoms with Crippen LogP contribution < -0.4 is 0 Å². The van der Waals surface area contributed by atoms with Crippen LogP contribution in [0.2, 0.25) is 0 Å². The largest absolute Gasteiger partial charge is 0.282 e. The molecule has 0 radical (unpaired) electrons. The smallest absolute Gasteiger partial charge is 0.278 e. The van der Waals surface area contributed by atoms with E-state index in [1.54, 1.807) is 30.3 Å². The molecule has 0 saturated carbocycles. The lowest BCUT2D eigenvalue weighted by atomic mass is 10.1. The molecule has 0 saturated heterocycles. The van der Waals surface area contributed by atoms with Gasteiger partial charge >= 0.3 is 0 Å². The molecule has 0 N–H and O–H groups in total. The number of rotatable bonds is 8. The van der Waals surface area contributed by atoms with Crippen molar-refractivity contribution in [3.63, 3.8) is 0 Å². The van der Waals surface area contributed by atoms with Gasteiger partial charge in [-0.25, -0.2) is 17.6 Å². The van der Waals surface area contributed by atoms with E-state index in [9.17, 15) is 22.4 Å². The van der Waals surface area contributed by atoms with Crippen LogP contribution in [0.4, 0.5) is 17.6 Å². The third-order valence-electron chi connectivity index (χ3n) is 2.62. The summed E-state index contributed by atoms with van der Waals surface area (Å²) in [5, 5.41) is -0.130. The molecule has 6 heteroatoms. The molecule has 20 heavy (non-hydrogen) atoms. The monoisotopic (exact) mass is 308 g/mol. The van der Waals surface area contributed by atoms with Crippen LogP contribution in [0.3, 0.4) is 0 Å². The van der Waals surface area contributed by atoms with Crippen molar-refractivity contribution in [2.45, 2.75) is 31.4 Å². The first-order chi connectivity index (χ1) is 9.44. The van der Waals surface area contributed by atoms with Gasteiger partial charge in [-0.1, -0.05) is 42.1 Å². The molecule has 1 rings (SSSR count). The van der Waals surface area contributed by atoms with E-state index < -0.39 is 25.2 Å². The average Bonchev–Trinajstić information content (AvgIpc) is 2.44. The maximum Gasteiger partial charge on any atom is 0.278 e. The van der Waals surface area contributed by atoms with Crippen molar-refractivity contribution in [2.75, 3.05) is 12.4 Å². The number of benzene rings is 1. The van der Waals surface area contributed by atoms with Gasteiger partial charge in [-0.2, -0.15) is 0 Å². The van der Waals surface area contributed by atoms with Gasteiger partial charge in [-0.15, -0.1) is 0 Å². The van der Waals surface area contributed by atoms with E-state index >= 15 is 0 Å². The predicted octanol–water partition coefficient (Wildman–Crippen LogP) is 4.67. The van der Waals surface area contributed by atoms with E-state index in [4.69, 9.17) is 0 Å². The molecule has 1 aromatic carbocycles. The summed E-state index contributed by atoms with van der Waals surface area (Å²) in [6.45, 7) is -1.84. The van der Waals surface area contributed by atoms with Crippen molar-refractivity contribution >= 4 is 16.9 Å². The highest BCUT2D eigenvalue weighted by Gasteiger charge is 2.32. The fraction of sp³-hybridized carbons (Fsp3) is 0.500. The molecule has 1 atom stereocenters. The molecule has 0 aromatic heterocycles. The van der Waals surface area contributed by atoms with Crippen LogP contribution in [0, 0.1) is 0 Å². The van der Waals surface area contributed by atoms with Crippen LogP contribution in [0.5, 0.6) is 0 Å². The Bertz CT molecular complexity index is 411. The quantitative estimate of drug-likeness (QED) is 0.512. The number of hydrogen-bond acceptors (Lipinski definition) is 2. The van der Waals surface area contributed by atoms with Gasteiger partial charge in [0.05, 0.1) is 0 Å². The predicted molar refractivity (Wildman–Crippen MR) is 72.9 cm³/mol. The molecular weight excluding hydrogens is 292 g/mol. The van der Waals surface area contributed by atoms with Crippen molar-refractivity contribution in [3.05, 3.63) is 35.9 Å². The summed E-state index contributed by atoms with van der Waals surface area (Å²) < 4.78 is 50.2. The average molecular weight is 308 g/mol. The van der Waals surface area contributed by atoms with Gasteiger partial charge in [-0.05, 0) is 12.8 Å². The van der Waals surface area contributed by atoms with Crippen LogP contribution in [-0.4, -0.2) is 29.6 Å². The van der Waals surface area contributed by atoms with Gasteiger partial charge in [0.25, 0.3) is 5.92 Å². The minimum absolute atomic E-state index is 0.0926. The highest BCUT2D eigenvalue weighted by atomic mass is 32.2. The van der Waals surface area contributed by atoms with E-state index in [-0.39, 0.29) is 11.5 Å². The summed E-state index contributed by atoms with van der Waals surface area (Å²) in [5.41, 5.74) is 0.554. The normalized spacial score (nSPS) is 13.2. The number of halogens is 4. The van der Waals surface area contributed by atoms with E-state index in [1.807, 2.05) is 0 Å². The third-order valence-corrected chi connectivity index (χ3v) is 3.61. The molecule has 0 fully saturated rings. The first kappa shape index (κ1) is 17.0. The first-order valence-corrected chi connectivity index (χ1v) is 7.23. The molecule has 0 heterocycles. The molecule has 0 amide bonds. The van der Waals surface area contributed by atoms with Gasteiger partial charge in [0.1, 0.15) is 6.17 Å². The van der Waals surface area contributed by atoms with Gasteiger partial charge in [-0.3, -0.25) is 4.79 Å². The molecule has 1 unspecified atom stereocenters. The van der Waals surface area contributed by atoms with Crippen molar-refractivity contribution in [3.8, 4) is 0 Å². The summed E-state index contributed by atoms with van der Waals surface area (Å²) in [4.78, 5) is 11.7. The van der Waals surface area contributed by atoms with Crippen molar-refractivity contribution < 1.29 is 22.4 Å². The Morgan fingerprint density at radius 2 is 1.90 bits per heavy atom. The topological polar surface area (TPSA) is 17.1 Å². The Hall–Kier alpha value is -1.04. The SMILES string of the molecule is O=C(SCCCC(F)CC(F)(F)CF)c1ccccc1. The molecule has 0 aliphatic rings. The zero-order valence-corrected chi connectivity index (χ0v) is 11.6. The zero-order valence-electron chi connectivity index (χ0n) is 10.8. The number of carbonyl (C=O) groups is 1. The molecule has 0 bridgehead atoms. The minimum atomic E-state index is -3.59. The van der Waals surface area contributed by atoms with E-state index in [2.05, 4.69) is 0 Å². The summed E-state index contributed by atoms with van der Waals surface area (Å²) in [6.07, 6.45) is -2.63.